The number of likely N-dealkylation sites (N-methyl/N-ethyl adjacent to an activating group) is 1. The van der Waals surface area contributed by atoms with Gasteiger partial charge in [0.25, 0.3) is 0 Å². The molecule has 3 N–H and O–H groups in total. The minimum Gasteiger partial charge on any atom is -0.353 e. The minimum absolute atomic E-state index is 0.0422. The standard InChI is InChI=1S/C12H23N3O/c1-15(2)11(5-3-4-6-11)9-14-10(16)12(13)7-8-12/h3-9,13H2,1-2H3,(H,14,16). The smallest absolute Gasteiger partial charge is 0.240 e. The Morgan fingerprint density at radius 1 is 1.25 bits per heavy atom. The van der Waals surface area contributed by atoms with Gasteiger partial charge in [-0.1, -0.05) is 12.8 Å². The Hall–Kier alpha value is -0.610. The summed E-state index contributed by atoms with van der Waals surface area (Å²) in [6.45, 7) is 0.748. The number of nitrogens with one attached hydrogen (secondary N) is 1. The van der Waals surface area contributed by atoms with Gasteiger partial charge < -0.3 is 16.0 Å². The highest BCUT2D eigenvalue weighted by atomic mass is 16.2. The lowest BCUT2D eigenvalue weighted by Gasteiger charge is -2.36. The average molecular weight is 225 g/mol. The van der Waals surface area contributed by atoms with Crippen LogP contribution >= 0.6 is 0 Å². The largest absolute Gasteiger partial charge is 0.353 e. The van der Waals surface area contributed by atoms with Crippen LogP contribution in [0.4, 0.5) is 0 Å². The summed E-state index contributed by atoms with van der Waals surface area (Å²) in [6, 6.07) is 0. The van der Waals surface area contributed by atoms with E-state index >= 15 is 0 Å². The van der Waals surface area contributed by atoms with Crippen LogP contribution in [-0.4, -0.2) is 42.5 Å². The first kappa shape index (κ1) is 11.9. The molecular weight excluding hydrogens is 202 g/mol. The highest BCUT2D eigenvalue weighted by Gasteiger charge is 2.47. The van der Waals surface area contributed by atoms with Crippen molar-refractivity contribution >= 4 is 5.91 Å². The van der Waals surface area contributed by atoms with Gasteiger partial charge in [-0.05, 0) is 39.8 Å². The van der Waals surface area contributed by atoms with Crippen molar-refractivity contribution in [3.8, 4) is 0 Å². The Morgan fingerprint density at radius 2 is 1.81 bits per heavy atom. The van der Waals surface area contributed by atoms with Crippen molar-refractivity contribution in [3.63, 3.8) is 0 Å². The number of nitrogens with two attached hydrogens (primary N) is 1. The maximum atomic E-state index is 11.8. The predicted octanol–water partition coefficient (Wildman–Crippen LogP) is 0.468. The fourth-order valence-corrected chi connectivity index (χ4v) is 2.60. The van der Waals surface area contributed by atoms with Gasteiger partial charge in [-0.2, -0.15) is 0 Å². The summed E-state index contributed by atoms with van der Waals surface area (Å²) in [5.41, 5.74) is 5.50. The van der Waals surface area contributed by atoms with Crippen LogP contribution < -0.4 is 11.1 Å². The van der Waals surface area contributed by atoms with Gasteiger partial charge >= 0.3 is 0 Å². The second-order valence-electron chi connectivity index (χ2n) is 5.66. The molecule has 0 bridgehead atoms. The molecule has 0 atom stereocenters. The lowest BCUT2D eigenvalue weighted by atomic mass is 9.96. The minimum atomic E-state index is -0.536. The molecule has 2 aliphatic rings. The topological polar surface area (TPSA) is 58.4 Å². The first-order chi connectivity index (χ1) is 7.49. The number of carbonyl (C=O) groups excluding carboxylic acids is 1. The molecule has 0 unspecified atom stereocenters. The monoisotopic (exact) mass is 225 g/mol. The number of nitrogens with zero attached hydrogens (tertiary/aromatic N) is 1. The molecule has 2 saturated carbocycles. The molecule has 4 heteroatoms. The number of rotatable bonds is 4. The summed E-state index contributed by atoms with van der Waals surface area (Å²) in [6.07, 6.45) is 6.57. The van der Waals surface area contributed by atoms with Crippen LogP contribution in [0.15, 0.2) is 0 Å². The summed E-state index contributed by atoms with van der Waals surface area (Å²) in [4.78, 5) is 14.1. The quantitative estimate of drug-likeness (QED) is 0.731. The van der Waals surface area contributed by atoms with Crippen molar-refractivity contribution in [3.05, 3.63) is 0 Å². The van der Waals surface area contributed by atoms with Gasteiger partial charge in [0.1, 0.15) is 0 Å². The molecule has 1 amide bonds. The number of carbonyl (C=O) groups is 1. The van der Waals surface area contributed by atoms with Gasteiger partial charge in [-0.25, -0.2) is 0 Å². The third kappa shape index (κ3) is 2.09. The molecule has 2 aliphatic carbocycles. The summed E-state index contributed by atoms with van der Waals surface area (Å²) >= 11 is 0. The molecule has 0 radical (unpaired) electrons. The molecule has 0 heterocycles. The van der Waals surface area contributed by atoms with Crippen LogP contribution in [0.5, 0.6) is 0 Å². The fraction of sp³-hybridized carbons (Fsp3) is 0.917. The molecule has 0 aromatic heterocycles. The Labute approximate surface area is 97.6 Å². The van der Waals surface area contributed by atoms with Gasteiger partial charge in [0, 0.05) is 12.1 Å². The maximum Gasteiger partial charge on any atom is 0.240 e. The molecule has 0 spiro atoms. The summed E-state index contributed by atoms with van der Waals surface area (Å²) in [5.74, 6) is 0.0422. The molecule has 0 aromatic carbocycles. The van der Waals surface area contributed by atoms with Crippen molar-refractivity contribution < 1.29 is 4.79 Å². The first-order valence-electron chi connectivity index (χ1n) is 6.23. The molecule has 0 aromatic rings. The Kier molecular flexibility index (Phi) is 2.97. The molecule has 4 nitrogen and oxygen atoms in total. The van der Waals surface area contributed by atoms with E-state index in [4.69, 9.17) is 5.73 Å². The highest BCUT2D eigenvalue weighted by Crippen LogP contribution is 2.35. The molecule has 16 heavy (non-hydrogen) atoms. The van der Waals surface area contributed by atoms with E-state index in [9.17, 15) is 4.79 Å². The van der Waals surface area contributed by atoms with E-state index in [1.54, 1.807) is 0 Å². The van der Waals surface area contributed by atoms with E-state index in [2.05, 4.69) is 24.3 Å². The van der Waals surface area contributed by atoms with E-state index in [-0.39, 0.29) is 11.4 Å². The molecule has 92 valence electrons. The maximum absolute atomic E-state index is 11.8. The van der Waals surface area contributed by atoms with Crippen LogP contribution in [0.2, 0.25) is 0 Å². The number of amides is 1. The lowest BCUT2D eigenvalue weighted by molar-refractivity contribution is -0.123. The third-order valence-electron chi connectivity index (χ3n) is 4.30. The van der Waals surface area contributed by atoms with Gasteiger partial charge in [-0.3, -0.25) is 4.79 Å². The molecule has 0 aliphatic heterocycles. The van der Waals surface area contributed by atoms with E-state index in [0.717, 1.165) is 19.4 Å². The second-order valence-corrected chi connectivity index (χ2v) is 5.66. The normalized spacial score (nSPS) is 25.8. The zero-order valence-electron chi connectivity index (χ0n) is 10.4. The molecule has 0 saturated heterocycles. The zero-order valence-corrected chi connectivity index (χ0v) is 10.4. The van der Waals surface area contributed by atoms with Gasteiger partial charge in [0.15, 0.2) is 0 Å². The van der Waals surface area contributed by atoms with E-state index < -0.39 is 5.54 Å². The average Bonchev–Trinajstić information content (AvgIpc) is 2.83. The van der Waals surface area contributed by atoms with Crippen LogP contribution in [0.1, 0.15) is 38.5 Å². The number of hydrogen-bond acceptors (Lipinski definition) is 3. The molecule has 2 fully saturated rings. The van der Waals surface area contributed by atoms with Crippen LogP contribution in [0.25, 0.3) is 0 Å². The first-order valence-corrected chi connectivity index (χ1v) is 6.23. The predicted molar refractivity (Wildman–Crippen MR) is 64.0 cm³/mol. The number of hydrogen-bond donors (Lipinski definition) is 2. The molecule has 2 rings (SSSR count). The van der Waals surface area contributed by atoms with Crippen molar-refractivity contribution in [2.75, 3.05) is 20.6 Å². The summed E-state index contributed by atoms with van der Waals surface area (Å²) in [7, 11) is 4.21. The summed E-state index contributed by atoms with van der Waals surface area (Å²) < 4.78 is 0. The zero-order chi connectivity index (χ0) is 11.8. The Morgan fingerprint density at radius 3 is 2.25 bits per heavy atom. The Bertz CT molecular complexity index is 278. The van der Waals surface area contributed by atoms with E-state index in [1.165, 1.54) is 25.7 Å². The van der Waals surface area contributed by atoms with Gasteiger partial charge in [0.05, 0.1) is 5.54 Å². The SMILES string of the molecule is CN(C)C1(CNC(=O)C2(N)CC2)CCCC1. The van der Waals surface area contributed by atoms with Gasteiger partial charge in [-0.15, -0.1) is 0 Å². The van der Waals surface area contributed by atoms with E-state index in [1.807, 2.05) is 0 Å². The van der Waals surface area contributed by atoms with Crippen LogP contribution in [-0.2, 0) is 4.79 Å². The third-order valence-corrected chi connectivity index (χ3v) is 4.30. The van der Waals surface area contributed by atoms with Crippen LogP contribution in [0.3, 0.4) is 0 Å². The highest BCUT2D eigenvalue weighted by molar-refractivity contribution is 5.89. The van der Waals surface area contributed by atoms with Crippen LogP contribution in [0, 0.1) is 0 Å². The van der Waals surface area contributed by atoms with E-state index in [0.29, 0.717) is 0 Å². The van der Waals surface area contributed by atoms with Crippen molar-refractivity contribution in [1.82, 2.24) is 10.2 Å². The van der Waals surface area contributed by atoms with Crippen molar-refractivity contribution in [2.45, 2.75) is 49.6 Å². The molecular formula is C12H23N3O. The van der Waals surface area contributed by atoms with Gasteiger partial charge in [0.2, 0.25) is 5.91 Å². The Balaban J connectivity index is 1.89. The summed E-state index contributed by atoms with van der Waals surface area (Å²) in [5, 5.41) is 3.04. The van der Waals surface area contributed by atoms with Crippen molar-refractivity contribution in [1.29, 1.82) is 0 Å². The van der Waals surface area contributed by atoms with Crippen molar-refractivity contribution in [2.24, 2.45) is 5.73 Å². The lowest BCUT2D eigenvalue weighted by Crippen LogP contribution is -2.54. The fourth-order valence-electron chi connectivity index (χ4n) is 2.60. The second kappa shape index (κ2) is 4.00.